The molecule has 1 aliphatic rings. The third-order valence-electron chi connectivity index (χ3n) is 5.98. The fourth-order valence-corrected chi connectivity index (χ4v) is 4.26. The molecule has 1 N–H and O–H groups in total. The van der Waals surface area contributed by atoms with Gasteiger partial charge in [0, 0.05) is 12.6 Å². The van der Waals surface area contributed by atoms with E-state index >= 15 is 4.39 Å². The number of anilines is 1. The van der Waals surface area contributed by atoms with E-state index in [9.17, 15) is 9.59 Å². The van der Waals surface area contributed by atoms with Gasteiger partial charge in [0.25, 0.3) is 5.56 Å². The van der Waals surface area contributed by atoms with Gasteiger partial charge in [0.15, 0.2) is 11.4 Å². The third-order valence-corrected chi connectivity index (χ3v) is 6.19. The van der Waals surface area contributed by atoms with Gasteiger partial charge < -0.3 is 10.1 Å². The van der Waals surface area contributed by atoms with Crippen molar-refractivity contribution >= 4 is 34.2 Å². The minimum atomic E-state index is -1.58. The number of nitrogens with zero attached hydrogens (tertiary/aromatic N) is 3. The second-order valence-electron chi connectivity index (χ2n) is 8.26. The fourth-order valence-electron chi connectivity index (χ4n) is 4.11. The van der Waals surface area contributed by atoms with Crippen LogP contribution in [0.15, 0.2) is 29.1 Å². The van der Waals surface area contributed by atoms with Gasteiger partial charge in [-0.25, -0.2) is 19.2 Å². The normalized spacial score (nSPS) is 15.8. The number of rotatable bonds is 5. The lowest BCUT2D eigenvalue weighted by Crippen LogP contribution is -2.37. The van der Waals surface area contributed by atoms with Gasteiger partial charge >= 0.3 is 5.97 Å². The summed E-state index contributed by atoms with van der Waals surface area (Å²) in [5.41, 5.74) is 0.632. The van der Waals surface area contributed by atoms with E-state index in [2.05, 4.69) is 15.3 Å². The average Bonchev–Trinajstić information content (AvgIpc) is 2.75. The maximum absolute atomic E-state index is 15.3. The molecule has 1 aromatic carbocycles. The van der Waals surface area contributed by atoms with Crippen molar-refractivity contribution in [3.8, 4) is 0 Å². The molecular weight excluding hydrogens is 435 g/mol. The Kier molecular flexibility index (Phi) is 5.67. The lowest BCUT2D eigenvalue weighted by molar-refractivity contribution is 0.0465. The summed E-state index contributed by atoms with van der Waals surface area (Å²) < 4.78 is 21.4. The molecule has 1 fully saturated rings. The second-order valence-corrected chi connectivity index (χ2v) is 8.64. The fraction of sp³-hybridized carbons (Fsp3) is 0.391. The number of aryl methyl sites for hydroxylation is 1. The highest BCUT2D eigenvalue weighted by atomic mass is 35.5. The number of nitrogens with one attached hydrogen (secondary N) is 1. The first kappa shape index (κ1) is 22.2. The number of pyridine rings is 1. The van der Waals surface area contributed by atoms with Crippen LogP contribution in [0.1, 0.15) is 59.7 Å². The zero-order chi connectivity index (χ0) is 23.2. The van der Waals surface area contributed by atoms with Crippen LogP contribution >= 0.6 is 11.6 Å². The van der Waals surface area contributed by atoms with Crippen molar-refractivity contribution in [3.05, 3.63) is 62.4 Å². The van der Waals surface area contributed by atoms with Gasteiger partial charge in [-0.2, -0.15) is 0 Å². The summed E-state index contributed by atoms with van der Waals surface area (Å²) in [5.74, 6) is -0.475. The minimum absolute atomic E-state index is 0.0468. The first-order valence-electron chi connectivity index (χ1n) is 10.4. The van der Waals surface area contributed by atoms with Crippen LogP contribution in [-0.2, 0) is 17.5 Å². The SMILES string of the molecule is COC(=O)c1nc(Cl)ccc1N[C@H](C)c1cc(C)cc2c(=O)n(C)c(C3(F)CCC3)nc12. The zero-order valence-corrected chi connectivity index (χ0v) is 19.1. The molecule has 0 bridgehead atoms. The predicted octanol–water partition coefficient (Wildman–Crippen LogP) is 4.60. The maximum atomic E-state index is 15.3. The van der Waals surface area contributed by atoms with E-state index < -0.39 is 11.6 Å². The van der Waals surface area contributed by atoms with Crippen LogP contribution in [0.4, 0.5) is 10.1 Å². The van der Waals surface area contributed by atoms with E-state index in [1.807, 2.05) is 19.9 Å². The van der Waals surface area contributed by atoms with Crippen molar-refractivity contribution in [1.82, 2.24) is 14.5 Å². The first-order valence-corrected chi connectivity index (χ1v) is 10.7. The van der Waals surface area contributed by atoms with E-state index in [1.165, 1.54) is 11.7 Å². The van der Waals surface area contributed by atoms with Gasteiger partial charge in [0.05, 0.1) is 29.7 Å². The van der Waals surface area contributed by atoms with E-state index in [0.717, 1.165) is 12.0 Å². The minimum Gasteiger partial charge on any atom is -0.464 e. The number of methoxy groups -OCH3 is 1. The second kappa shape index (κ2) is 8.16. The van der Waals surface area contributed by atoms with Crippen LogP contribution in [0.2, 0.25) is 5.15 Å². The van der Waals surface area contributed by atoms with E-state index in [1.54, 1.807) is 25.2 Å². The summed E-state index contributed by atoms with van der Waals surface area (Å²) in [6.45, 7) is 3.76. The number of carbonyl (C=O) groups is 1. The van der Waals surface area contributed by atoms with E-state index in [-0.39, 0.29) is 28.3 Å². The molecule has 3 aromatic rings. The molecule has 1 aliphatic carbocycles. The molecule has 0 saturated heterocycles. The number of alkyl halides is 1. The number of esters is 1. The molecule has 0 amide bonds. The summed E-state index contributed by atoms with van der Waals surface area (Å²) >= 11 is 5.95. The number of carbonyl (C=O) groups excluding carboxylic acids is 1. The Morgan fingerprint density at radius 2 is 2.03 bits per heavy atom. The monoisotopic (exact) mass is 458 g/mol. The molecule has 9 heteroatoms. The summed E-state index contributed by atoms with van der Waals surface area (Å²) in [4.78, 5) is 34.0. The third kappa shape index (κ3) is 3.72. The number of benzene rings is 1. The van der Waals surface area contributed by atoms with Crippen molar-refractivity contribution < 1.29 is 13.9 Å². The topological polar surface area (TPSA) is 86.1 Å². The smallest absolute Gasteiger partial charge is 0.358 e. The first-order chi connectivity index (χ1) is 15.1. The van der Waals surface area contributed by atoms with Crippen molar-refractivity contribution in [2.24, 2.45) is 7.05 Å². The van der Waals surface area contributed by atoms with Crippen molar-refractivity contribution in [2.75, 3.05) is 12.4 Å². The summed E-state index contributed by atoms with van der Waals surface area (Å²) in [5, 5.41) is 3.83. The van der Waals surface area contributed by atoms with Crippen LogP contribution in [0.5, 0.6) is 0 Å². The number of fused-ring (bicyclic) bond motifs is 1. The standard InChI is InChI=1S/C23H24ClFN4O3/c1-12-10-14(13(2)26-16-6-7-17(24)27-19(16)21(31)32-4)18-15(11-12)20(30)29(3)22(28-18)23(25)8-5-9-23/h6-7,10-11,13,26H,5,8-9H2,1-4H3/t13-/m1/s1. The van der Waals surface area contributed by atoms with E-state index in [4.69, 9.17) is 16.3 Å². The summed E-state index contributed by atoms with van der Waals surface area (Å²) in [7, 11) is 2.83. The Morgan fingerprint density at radius 1 is 1.31 bits per heavy atom. The summed E-state index contributed by atoms with van der Waals surface area (Å²) in [6, 6.07) is 6.49. The molecule has 168 valence electrons. The number of hydrogen-bond donors (Lipinski definition) is 1. The van der Waals surface area contributed by atoms with Gasteiger partial charge in [-0.1, -0.05) is 17.7 Å². The summed E-state index contributed by atoms with van der Waals surface area (Å²) in [6.07, 6.45) is 1.47. The molecule has 1 atom stereocenters. The highest BCUT2D eigenvalue weighted by Crippen LogP contribution is 2.44. The molecule has 2 aromatic heterocycles. The lowest BCUT2D eigenvalue weighted by Gasteiger charge is -2.34. The van der Waals surface area contributed by atoms with Crippen LogP contribution in [0.3, 0.4) is 0 Å². The molecule has 0 unspecified atom stereocenters. The average molecular weight is 459 g/mol. The highest BCUT2D eigenvalue weighted by molar-refractivity contribution is 6.29. The molecule has 4 rings (SSSR count). The molecule has 0 spiro atoms. The number of hydrogen-bond acceptors (Lipinski definition) is 6. The Morgan fingerprint density at radius 3 is 2.66 bits per heavy atom. The van der Waals surface area contributed by atoms with E-state index in [0.29, 0.717) is 35.0 Å². The van der Waals surface area contributed by atoms with Crippen LogP contribution < -0.4 is 10.9 Å². The van der Waals surface area contributed by atoms with Crippen LogP contribution in [0, 0.1) is 6.92 Å². The molecule has 0 radical (unpaired) electrons. The number of ether oxygens (including phenoxy) is 1. The van der Waals surface area contributed by atoms with Gasteiger partial charge in [-0.15, -0.1) is 0 Å². The van der Waals surface area contributed by atoms with Crippen molar-refractivity contribution in [1.29, 1.82) is 0 Å². The van der Waals surface area contributed by atoms with Crippen molar-refractivity contribution in [3.63, 3.8) is 0 Å². The quantitative estimate of drug-likeness (QED) is 0.444. The predicted molar refractivity (Wildman–Crippen MR) is 121 cm³/mol. The Labute approximate surface area is 189 Å². The molecule has 7 nitrogen and oxygen atoms in total. The molecule has 2 heterocycles. The zero-order valence-electron chi connectivity index (χ0n) is 18.3. The maximum Gasteiger partial charge on any atom is 0.358 e. The highest BCUT2D eigenvalue weighted by Gasteiger charge is 2.43. The van der Waals surface area contributed by atoms with Gasteiger partial charge in [0.1, 0.15) is 11.0 Å². The molecule has 32 heavy (non-hydrogen) atoms. The van der Waals surface area contributed by atoms with Crippen LogP contribution in [-0.4, -0.2) is 27.6 Å². The largest absolute Gasteiger partial charge is 0.464 e. The Balaban J connectivity index is 1.84. The van der Waals surface area contributed by atoms with Crippen LogP contribution in [0.25, 0.3) is 10.9 Å². The molecule has 1 saturated carbocycles. The van der Waals surface area contributed by atoms with Gasteiger partial charge in [-0.3, -0.25) is 9.36 Å². The Hall–Kier alpha value is -3.00. The lowest BCUT2D eigenvalue weighted by atomic mass is 9.81. The van der Waals surface area contributed by atoms with Gasteiger partial charge in [-0.05, 0) is 56.9 Å². The Bertz CT molecular complexity index is 1290. The number of halogens is 2. The number of aromatic nitrogens is 3. The molecule has 0 aliphatic heterocycles. The van der Waals surface area contributed by atoms with Gasteiger partial charge in [0.2, 0.25) is 0 Å². The molecular formula is C23H24ClFN4O3. The van der Waals surface area contributed by atoms with Crippen molar-refractivity contribution in [2.45, 2.75) is 44.8 Å².